The summed E-state index contributed by atoms with van der Waals surface area (Å²) >= 11 is 11.9. The van der Waals surface area contributed by atoms with Crippen LogP contribution in [0.3, 0.4) is 0 Å². The highest BCUT2D eigenvalue weighted by Crippen LogP contribution is 2.33. The van der Waals surface area contributed by atoms with Crippen molar-refractivity contribution >= 4 is 47.0 Å². The summed E-state index contributed by atoms with van der Waals surface area (Å²) in [4.78, 5) is 18.9. The minimum Gasteiger partial charge on any atom is -0.384 e. The van der Waals surface area contributed by atoms with E-state index in [-0.39, 0.29) is 0 Å². The number of hydrogen-bond donors (Lipinski definition) is 2. The second-order valence-corrected chi connectivity index (χ2v) is 9.92. The van der Waals surface area contributed by atoms with Crippen molar-refractivity contribution in [3.8, 4) is 5.75 Å². The molecule has 2 N–H and O–H groups in total. The van der Waals surface area contributed by atoms with Gasteiger partial charge in [0, 0.05) is 30.9 Å². The monoisotopic (exact) mass is 521 g/mol. The molecule has 1 aromatic heterocycles. The van der Waals surface area contributed by atoms with Gasteiger partial charge in [0.05, 0.1) is 5.02 Å². The van der Waals surface area contributed by atoms with E-state index in [4.69, 9.17) is 42.7 Å². The number of likely N-dealkylation sites (tertiary alicyclic amines) is 1. The van der Waals surface area contributed by atoms with E-state index in [0.717, 1.165) is 38.2 Å². The highest BCUT2D eigenvalue weighted by atomic mass is 35.5. The summed E-state index contributed by atoms with van der Waals surface area (Å²) in [6.45, 7) is 7.99. The summed E-state index contributed by atoms with van der Waals surface area (Å²) in [5, 5.41) is 7.55. The fourth-order valence-electron chi connectivity index (χ4n) is 5.15. The van der Waals surface area contributed by atoms with Crippen LogP contribution in [0.15, 0.2) is 18.2 Å². The second kappa shape index (κ2) is 12.8. The third kappa shape index (κ3) is 6.80. The van der Waals surface area contributed by atoms with Crippen LogP contribution in [0.1, 0.15) is 65.2 Å². The van der Waals surface area contributed by atoms with Gasteiger partial charge in [0.2, 0.25) is 17.8 Å². The van der Waals surface area contributed by atoms with Crippen LogP contribution >= 0.6 is 23.5 Å². The largest absolute Gasteiger partial charge is 0.384 e. The molecule has 2 aliphatic rings. The van der Waals surface area contributed by atoms with Crippen LogP contribution in [-0.2, 0) is 0 Å². The molecule has 1 aromatic carbocycles. The van der Waals surface area contributed by atoms with Crippen molar-refractivity contribution in [3.05, 3.63) is 23.2 Å². The van der Waals surface area contributed by atoms with Gasteiger partial charge in [-0.15, -0.1) is 0 Å². The number of anilines is 4. The molecule has 1 atom stereocenters. The Labute approximate surface area is 218 Å². The third-order valence-corrected chi connectivity index (χ3v) is 7.54. The Balaban J connectivity index is 1.60. The van der Waals surface area contributed by atoms with Gasteiger partial charge in [0.25, 0.3) is 0 Å². The van der Waals surface area contributed by atoms with Gasteiger partial charge < -0.3 is 19.8 Å². The maximum atomic E-state index is 6.36. The predicted molar refractivity (Wildman–Crippen MR) is 144 cm³/mol. The van der Waals surface area contributed by atoms with Crippen LogP contribution in [0.5, 0.6) is 5.75 Å². The number of nitrogens with zero attached hydrogens (tertiary/aromatic N) is 5. The van der Waals surface area contributed by atoms with E-state index in [1.54, 1.807) is 6.07 Å². The van der Waals surface area contributed by atoms with Crippen LogP contribution in [0.4, 0.5) is 23.5 Å². The van der Waals surface area contributed by atoms with Crippen molar-refractivity contribution in [2.24, 2.45) is 0 Å². The van der Waals surface area contributed by atoms with E-state index >= 15 is 0 Å². The molecule has 10 heteroatoms. The van der Waals surface area contributed by atoms with Crippen molar-refractivity contribution in [2.75, 3.05) is 41.7 Å². The number of rotatable bonds is 10. The first-order chi connectivity index (χ1) is 17.1. The van der Waals surface area contributed by atoms with Gasteiger partial charge in [-0.25, -0.2) is 0 Å². The number of benzene rings is 1. The molecule has 1 saturated heterocycles. The molecule has 0 radical (unpaired) electrons. The second-order valence-electron chi connectivity index (χ2n) is 9.36. The molecule has 2 heterocycles. The molecule has 1 aliphatic heterocycles. The summed E-state index contributed by atoms with van der Waals surface area (Å²) in [5.74, 6) is 2.21. The van der Waals surface area contributed by atoms with Crippen LogP contribution in [0.25, 0.3) is 0 Å². The van der Waals surface area contributed by atoms with Gasteiger partial charge in [0.1, 0.15) is 11.9 Å². The lowest BCUT2D eigenvalue weighted by molar-refractivity contribution is 0.277. The van der Waals surface area contributed by atoms with Crippen molar-refractivity contribution in [1.29, 1.82) is 0 Å². The molecule has 0 amide bonds. The Bertz CT molecular complexity index is 955. The van der Waals surface area contributed by atoms with Crippen molar-refractivity contribution < 1.29 is 4.29 Å². The smallest absolute Gasteiger partial charge is 0.236 e. The number of nitrogens with one attached hydrogen (secondary N) is 2. The number of halogens is 2. The summed E-state index contributed by atoms with van der Waals surface area (Å²) < 4.78 is 4.81. The van der Waals surface area contributed by atoms with E-state index in [1.807, 2.05) is 17.0 Å². The number of likely N-dealkylation sites (N-methyl/N-ethyl adjacent to an activating group) is 1. The topological polar surface area (TPSA) is 78.4 Å². The molecule has 4 rings (SSSR count). The highest BCUT2D eigenvalue weighted by molar-refractivity contribution is 6.32. The van der Waals surface area contributed by atoms with E-state index in [1.165, 1.54) is 38.5 Å². The predicted octanol–water partition coefficient (Wildman–Crippen LogP) is 6.25. The zero-order valence-corrected chi connectivity index (χ0v) is 22.3. The molecule has 8 nitrogen and oxygen atoms in total. The normalized spacial score (nSPS) is 19.4. The third-order valence-electron chi connectivity index (χ3n) is 7.08. The van der Waals surface area contributed by atoms with Gasteiger partial charge in [-0.1, -0.05) is 44.2 Å². The first-order valence-corrected chi connectivity index (χ1v) is 13.7. The number of aromatic nitrogens is 3. The van der Waals surface area contributed by atoms with Gasteiger partial charge in [-0.3, -0.25) is 4.90 Å². The Hall–Kier alpha value is -2.03. The molecule has 0 spiro atoms. The Morgan fingerprint density at radius 3 is 2.49 bits per heavy atom. The standard InChI is InChI=1S/C25H37Cl2N7O/c1-3-33-15-9-12-20(33)17-28-23-30-24(29-18-10-7-5-6-8-11-18)32-25(31-23)34(4-2)19-13-14-22(35-27)21(26)16-19/h13-14,16,18,20H,3-12,15,17H2,1-2H3,(H2,28,29,30,31,32). The maximum Gasteiger partial charge on any atom is 0.236 e. The van der Waals surface area contributed by atoms with Crippen LogP contribution in [-0.4, -0.2) is 58.1 Å². The summed E-state index contributed by atoms with van der Waals surface area (Å²) in [7, 11) is 0. The summed E-state index contributed by atoms with van der Waals surface area (Å²) in [5.41, 5.74) is 0.862. The van der Waals surface area contributed by atoms with E-state index in [9.17, 15) is 0 Å². The average Bonchev–Trinajstić information content (AvgIpc) is 3.18. The quantitative estimate of drug-likeness (QED) is 0.355. The summed E-state index contributed by atoms with van der Waals surface area (Å²) in [6, 6.07) is 6.35. The van der Waals surface area contributed by atoms with Crippen LogP contribution in [0.2, 0.25) is 5.02 Å². The number of hydrogen-bond acceptors (Lipinski definition) is 8. The maximum absolute atomic E-state index is 6.36. The molecule has 2 fully saturated rings. The van der Waals surface area contributed by atoms with Gasteiger partial charge >= 0.3 is 0 Å². The molecule has 2 aromatic rings. The van der Waals surface area contributed by atoms with Crippen molar-refractivity contribution in [2.45, 2.75) is 77.3 Å². The molecular formula is C25H37Cl2N7O. The minimum atomic E-state index is 0.385. The first kappa shape index (κ1) is 26.0. The molecular weight excluding hydrogens is 485 g/mol. The first-order valence-electron chi connectivity index (χ1n) is 13.0. The average molecular weight is 523 g/mol. The lowest BCUT2D eigenvalue weighted by Gasteiger charge is -2.25. The van der Waals surface area contributed by atoms with E-state index in [2.05, 4.69) is 29.4 Å². The lowest BCUT2D eigenvalue weighted by Crippen LogP contribution is -2.35. The van der Waals surface area contributed by atoms with Gasteiger partial charge in [0.15, 0.2) is 5.75 Å². The Kier molecular flexibility index (Phi) is 9.52. The molecule has 35 heavy (non-hydrogen) atoms. The molecule has 1 saturated carbocycles. The van der Waals surface area contributed by atoms with Crippen LogP contribution < -0.4 is 19.8 Å². The molecule has 0 bridgehead atoms. The SMILES string of the molecule is CCN(c1ccc(OCl)c(Cl)c1)c1nc(NCC2CCCN2CC)nc(NC2CCCCCC2)n1. The van der Waals surface area contributed by atoms with Gasteiger partial charge in [-0.2, -0.15) is 15.0 Å². The fourth-order valence-corrected chi connectivity index (χ4v) is 5.53. The zero-order chi connectivity index (χ0) is 24.6. The Morgan fingerprint density at radius 1 is 1.03 bits per heavy atom. The molecule has 1 unspecified atom stereocenters. The van der Waals surface area contributed by atoms with E-state index < -0.39 is 0 Å². The molecule has 1 aliphatic carbocycles. The van der Waals surface area contributed by atoms with Gasteiger partial charge in [-0.05, 0) is 63.9 Å². The van der Waals surface area contributed by atoms with E-state index in [0.29, 0.717) is 47.2 Å². The molecule has 192 valence electrons. The highest BCUT2D eigenvalue weighted by Gasteiger charge is 2.24. The van der Waals surface area contributed by atoms with Crippen molar-refractivity contribution in [3.63, 3.8) is 0 Å². The van der Waals surface area contributed by atoms with Crippen LogP contribution in [0, 0.1) is 0 Å². The summed E-state index contributed by atoms with van der Waals surface area (Å²) in [6.07, 6.45) is 9.80. The fraction of sp³-hybridized carbons (Fsp3) is 0.640. The minimum absolute atomic E-state index is 0.385. The Morgan fingerprint density at radius 2 is 1.80 bits per heavy atom. The lowest BCUT2D eigenvalue weighted by atomic mass is 10.1. The van der Waals surface area contributed by atoms with Crippen molar-refractivity contribution in [1.82, 2.24) is 19.9 Å². The zero-order valence-electron chi connectivity index (χ0n) is 20.8.